The second kappa shape index (κ2) is 7.53. The Kier molecular flexibility index (Phi) is 4.75. The van der Waals surface area contributed by atoms with Gasteiger partial charge in [0.15, 0.2) is 0 Å². The third-order valence-corrected chi connectivity index (χ3v) is 6.45. The van der Waals surface area contributed by atoms with Crippen molar-refractivity contribution in [2.24, 2.45) is 11.7 Å². The fraction of sp³-hybridized carbons (Fsp3) is 0.375. The van der Waals surface area contributed by atoms with E-state index in [4.69, 9.17) is 10.5 Å². The molecule has 28 heavy (non-hydrogen) atoms. The Morgan fingerprint density at radius 1 is 1.00 bits per heavy atom. The van der Waals surface area contributed by atoms with Gasteiger partial charge in [0.25, 0.3) is 0 Å². The predicted molar refractivity (Wildman–Crippen MR) is 112 cm³/mol. The maximum absolute atomic E-state index is 6.73. The maximum Gasteiger partial charge on any atom is 0.140 e. The first-order valence-corrected chi connectivity index (χ1v) is 10.4. The van der Waals surface area contributed by atoms with Crippen molar-refractivity contribution in [3.8, 4) is 5.75 Å². The van der Waals surface area contributed by atoms with Gasteiger partial charge < -0.3 is 10.5 Å². The molecule has 1 fully saturated rings. The van der Waals surface area contributed by atoms with Gasteiger partial charge in [-0.15, -0.1) is 0 Å². The number of rotatable bonds is 4. The number of ether oxygens (including phenoxy) is 1. The van der Waals surface area contributed by atoms with Crippen LogP contribution in [0.15, 0.2) is 60.8 Å². The largest absolute Gasteiger partial charge is 0.483 e. The van der Waals surface area contributed by atoms with Gasteiger partial charge >= 0.3 is 0 Å². The quantitative estimate of drug-likeness (QED) is 0.752. The number of para-hydroxylation sites is 1. The van der Waals surface area contributed by atoms with E-state index in [-0.39, 0.29) is 6.10 Å². The average molecular weight is 374 g/mol. The van der Waals surface area contributed by atoms with E-state index in [1.54, 1.807) is 0 Å². The number of fused-ring (bicyclic) bond motifs is 2. The Morgan fingerprint density at radius 2 is 1.79 bits per heavy atom. The van der Waals surface area contributed by atoms with E-state index in [0.29, 0.717) is 12.0 Å². The summed E-state index contributed by atoms with van der Waals surface area (Å²) in [4.78, 5) is 7.11. The molecule has 2 heterocycles. The monoisotopic (exact) mass is 373 g/mol. The average Bonchev–Trinajstić information content (AvgIpc) is 3.12. The molecule has 0 spiro atoms. The lowest BCUT2D eigenvalue weighted by atomic mass is 9.95. The van der Waals surface area contributed by atoms with E-state index in [1.165, 1.54) is 24.0 Å². The number of piperidine rings is 1. The van der Waals surface area contributed by atoms with Gasteiger partial charge in [0.05, 0.1) is 11.6 Å². The molecule has 1 aliphatic heterocycles. The van der Waals surface area contributed by atoms with Gasteiger partial charge in [-0.25, -0.2) is 0 Å². The lowest BCUT2D eigenvalue weighted by Gasteiger charge is -2.38. The van der Waals surface area contributed by atoms with Crippen molar-refractivity contribution in [2.75, 3.05) is 19.6 Å². The molecular formula is C24H27N3O. The third kappa shape index (κ3) is 3.17. The Morgan fingerprint density at radius 3 is 2.64 bits per heavy atom. The highest BCUT2D eigenvalue weighted by Gasteiger charge is 2.39. The summed E-state index contributed by atoms with van der Waals surface area (Å²) in [6.07, 6.45) is 5.33. The smallest absolute Gasteiger partial charge is 0.140 e. The minimum atomic E-state index is 0.0523. The molecule has 2 aromatic carbocycles. The summed E-state index contributed by atoms with van der Waals surface area (Å²) in [6, 6.07) is 19.3. The number of nitrogens with two attached hydrogens (primary N) is 1. The van der Waals surface area contributed by atoms with E-state index in [1.807, 2.05) is 24.4 Å². The molecule has 2 atom stereocenters. The van der Waals surface area contributed by atoms with Crippen molar-refractivity contribution in [3.05, 3.63) is 71.9 Å². The summed E-state index contributed by atoms with van der Waals surface area (Å²) in [7, 11) is 0. The van der Waals surface area contributed by atoms with E-state index < -0.39 is 0 Å². The molecule has 0 radical (unpaired) electrons. The maximum atomic E-state index is 6.73. The van der Waals surface area contributed by atoms with Crippen molar-refractivity contribution >= 4 is 10.9 Å². The molecule has 4 nitrogen and oxygen atoms in total. The molecule has 4 heteroatoms. The van der Waals surface area contributed by atoms with Crippen molar-refractivity contribution in [1.29, 1.82) is 0 Å². The zero-order valence-corrected chi connectivity index (χ0v) is 16.1. The molecule has 1 aliphatic carbocycles. The van der Waals surface area contributed by atoms with Crippen molar-refractivity contribution in [3.63, 3.8) is 0 Å². The molecule has 2 N–H and O–H groups in total. The van der Waals surface area contributed by atoms with E-state index in [2.05, 4.69) is 46.3 Å². The van der Waals surface area contributed by atoms with Gasteiger partial charge in [0.2, 0.25) is 0 Å². The molecule has 5 rings (SSSR count). The van der Waals surface area contributed by atoms with Gasteiger partial charge in [-0.1, -0.05) is 36.4 Å². The van der Waals surface area contributed by atoms with Crippen LogP contribution in [0.5, 0.6) is 5.75 Å². The van der Waals surface area contributed by atoms with Gasteiger partial charge in [-0.3, -0.25) is 9.88 Å². The normalized spacial score (nSPS) is 23.0. The Balaban J connectivity index is 1.47. The van der Waals surface area contributed by atoms with Crippen molar-refractivity contribution in [1.82, 2.24) is 9.88 Å². The minimum Gasteiger partial charge on any atom is -0.483 e. The molecule has 2 aliphatic rings. The first-order valence-electron chi connectivity index (χ1n) is 10.4. The highest BCUT2D eigenvalue weighted by molar-refractivity contribution is 5.84. The Bertz CT molecular complexity index is 959. The highest BCUT2D eigenvalue weighted by atomic mass is 16.5. The van der Waals surface area contributed by atoms with E-state index in [9.17, 15) is 0 Å². The molecule has 3 aromatic rings. The van der Waals surface area contributed by atoms with E-state index >= 15 is 0 Å². The first-order chi connectivity index (χ1) is 13.8. The van der Waals surface area contributed by atoms with Gasteiger partial charge in [0.1, 0.15) is 11.9 Å². The SMILES string of the molecule is NCC1CCN([C@@H]2Cc3ccccc3[C@H]2Oc2ccnc3ccccc23)CC1. The standard InChI is InChI=1S/C24H27N3O/c25-16-17-10-13-27(14-11-17)22-15-18-5-1-2-6-19(18)24(22)28-23-9-12-26-21-8-4-3-7-20(21)23/h1-9,12,17,22,24H,10-11,13-16,25H2/t22-,24-/m1/s1. The van der Waals surface area contributed by atoms with Crippen LogP contribution in [0.2, 0.25) is 0 Å². The van der Waals surface area contributed by atoms with Crippen LogP contribution in [0.25, 0.3) is 10.9 Å². The van der Waals surface area contributed by atoms with Crippen molar-refractivity contribution in [2.45, 2.75) is 31.4 Å². The van der Waals surface area contributed by atoms with Crippen LogP contribution >= 0.6 is 0 Å². The number of nitrogens with zero attached hydrogens (tertiary/aromatic N) is 2. The van der Waals surface area contributed by atoms with Crippen LogP contribution < -0.4 is 10.5 Å². The summed E-state index contributed by atoms with van der Waals surface area (Å²) in [6.45, 7) is 3.02. The van der Waals surface area contributed by atoms with Crippen molar-refractivity contribution < 1.29 is 4.74 Å². The lowest BCUT2D eigenvalue weighted by molar-refractivity contribution is 0.0546. The molecule has 1 aromatic heterocycles. The number of aromatic nitrogens is 1. The Labute approximate surface area is 166 Å². The van der Waals surface area contributed by atoms with Crippen LogP contribution in [0.1, 0.15) is 30.1 Å². The molecule has 0 bridgehead atoms. The number of likely N-dealkylation sites (tertiary alicyclic amines) is 1. The zero-order chi connectivity index (χ0) is 18.9. The second-order valence-electron chi connectivity index (χ2n) is 8.05. The Hall–Kier alpha value is -2.43. The molecule has 0 unspecified atom stereocenters. The second-order valence-corrected chi connectivity index (χ2v) is 8.05. The molecule has 144 valence electrons. The van der Waals surface area contributed by atoms with Crippen LogP contribution in [0, 0.1) is 5.92 Å². The fourth-order valence-corrected chi connectivity index (χ4v) is 4.83. The fourth-order valence-electron chi connectivity index (χ4n) is 4.83. The topological polar surface area (TPSA) is 51.4 Å². The highest BCUT2D eigenvalue weighted by Crippen LogP contribution is 2.40. The van der Waals surface area contributed by atoms with Gasteiger partial charge in [0, 0.05) is 11.6 Å². The summed E-state index contributed by atoms with van der Waals surface area (Å²) in [5, 5.41) is 1.08. The predicted octanol–water partition coefficient (Wildman–Crippen LogP) is 3.95. The van der Waals surface area contributed by atoms with Crippen LogP contribution in [0.3, 0.4) is 0 Å². The van der Waals surface area contributed by atoms with Crippen LogP contribution in [-0.4, -0.2) is 35.6 Å². The summed E-state index contributed by atoms with van der Waals surface area (Å²) in [5.41, 5.74) is 9.62. The van der Waals surface area contributed by atoms with Crippen LogP contribution in [0.4, 0.5) is 0 Å². The lowest BCUT2D eigenvalue weighted by Crippen LogP contribution is -2.45. The van der Waals surface area contributed by atoms with Gasteiger partial charge in [-0.2, -0.15) is 0 Å². The molecular weight excluding hydrogens is 346 g/mol. The number of hydrogen-bond donors (Lipinski definition) is 1. The third-order valence-electron chi connectivity index (χ3n) is 6.45. The van der Waals surface area contributed by atoms with E-state index in [0.717, 1.165) is 42.7 Å². The molecule has 1 saturated heterocycles. The number of benzene rings is 2. The summed E-state index contributed by atoms with van der Waals surface area (Å²) < 4.78 is 6.73. The van der Waals surface area contributed by atoms with Crippen LogP contribution in [-0.2, 0) is 6.42 Å². The molecule has 0 amide bonds. The number of pyridine rings is 1. The first kappa shape index (κ1) is 17.7. The zero-order valence-electron chi connectivity index (χ0n) is 16.1. The number of hydrogen-bond acceptors (Lipinski definition) is 4. The molecule has 0 saturated carbocycles. The van der Waals surface area contributed by atoms with Gasteiger partial charge in [-0.05, 0) is 74.1 Å². The summed E-state index contributed by atoms with van der Waals surface area (Å²) >= 11 is 0. The summed E-state index contributed by atoms with van der Waals surface area (Å²) in [5.74, 6) is 1.60. The minimum absolute atomic E-state index is 0.0523.